The van der Waals surface area contributed by atoms with Crippen LogP contribution in [0.15, 0.2) is 30.3 Å². The van der Waals surface area contributed by atoms with Crippen LogP contribution in [0.5, 0.6) is 0 Å². The van der Waals surface area contributed by atoms with E-state index in [-0.39, 0.29) is 5.78 Å². The molecular weight excluding hydrogens is 234 g/mol. The second-order valence-electron chi connectivity index (χ2n) is 4.63. The SMILES string of the molecule is CCC1(N(Cl)c2ccccc2)CCCCC1=O. The molecule has 1 fully saturated rings. The molecule has 0 spiro atoms. The second kappa shape index (κ2) is 5.09. The fourth-order valence-electron chi connectivity index (χ4n) is 2.60. The van der Waals surface area contributed by atoms with Gasteiger partial charge in [0.15, 0.2) is 5.78 Å². The summed E-state index contributed by atoms with van der Waals surface area (Å²) in [5.74, 6) is 0.283. The standard InChI is InChI=1S/C14H18ClNO/c1-2-14(11-7-6-10-13(14)17)16(15)12-8-4-3-5-9-12/h3-5,8-9H,2,6-7,10-11H2,1H3. The number of carbonyl (C=O) groups is 1. The largest absolute Gasteiger partial charge is 0.297 e. The van der Waals surface area contributed by atoms with E-state index in [0.717, 1.165) is 31.4 Å². The molecule has 0 N–H and O–H groups in total. The Bertz CT molecular complexity index is 392. The van der Waals surface area contributed by atoms with Crippen molar-refractivity contribution >= 4 is 23.2 Å². The lowest BCUT2D eigenvalue weighted by Crippen LogP contribution is -2.52. The number of halogens is 1. The molecule has 92 valence electrons. The topological polar surface area (TPSA) is 20.3 Å². The smallest absolute Gasteiger partial charge is 0.159 e. The van der Waals surface area contributed by atoms with E-state index in [4.69, 9.17) is 11.8 Å². The number of Topliss-reactive ketones (excluding diaryl/α,β-unsaturated/α-hetero) is 1. The van der Waals surface area contributed by atoms with E-state index in [1.807, 2.05) is 37.3 Å². The summed E-state index contributed by atoms with van der Waals surface area (Å²) < 4.78 is 1.66. The molecule has 0 aromatic heterocycles. The predicted octanol–water partition coefficient (Wildman–Crippen LogP) is 3.94. The van der Waals surface area contributed by atoms with Gasteiger partial charge in [-0.25, -0.2) is 0 Å². The van der Waals surface area contributed by atoms with E-state index in [2.05, 4.69) is 0 Å². The van der Waals surface area contributed by atoms with Gasteiger partial charge in [0.05, 0.1) is 5.69 Å². The van der Waals surface area contributed by atoms with Crippen LogP contribution in [-0.4, -0.2) is 11.3 Å². The molecule has 2 nitrogen and oxygen atoms in total. The first kappa shape index (κ1) is 12.4. The van der Waals surface area contributed by atoms with Crippen LogP contribution < -0.4 is 4.42 Å². The number of hydrogen-bond donors (Lipinski definition) is 0. The average molecular weight is 252 g/mol. The molecule has 0 heterocycles. The summed E-state index contributed by atoms with van der Waals surface area (Å²) in [5, 5.41) is 0. The van der Waals surface area contributed by atoms with Gasteiger partial charge in [0.2, 0.25) is 0 Å². The highest BCUT2D eigenvalue weighted by Gasteiger charge is 2.43. The van der Waals surface area contributed by atoms with E-state index < -0.39 is 5.54 Å². The number of hydrogen-bond acceptors (Lipinski definition) is 2. The maximum atomic E-state index is 12.2. The number of anilines is 1. The summed E-state index contributed by atoms with van der Waals surface area (Å²) in [7, 11) is 0. The minimum Gasteiger partial charge on any atom is -0.297 e. The van der Waals surface area contributed by atoms with Crippen LogP contribution in [0.25, 0.3) is 0 Å². The molecule has 1 saturated carbocycles. The third-order valence-corrected chi connectivity index (χ3v) is 4.23. The van der Waals surface area contributed by atoms with Crippen LogP contribution in [0, 0.1) is 0 Å². The van der Waals surface area contributed by atoms with Gasteiger partial charge >= 0.3 is 0 Å². The van der Waals surface area contributed by atoms with Gasteiger partial charge < -0.3 is 0 Å². The molecule has 17 heavy (non-hydrogen) atoms. The third kappa shape index (κ3) is 2.19. The Morgan fingerprint density at radius 3 is 2.59 bits per heavy atom. The lowest BCUT2D eigenvalue weighted by atomic mass is 9.78. The van der Waals surface area contributed by atoms with Crippen molar-refractivity contribution in [2.45, 2.75) is 44.6 Å². The van der Waals surface area contributed by atoms with Gasteiger partial charge in [-0.3, -0.25) is 9.21 Å². The maximum Gasteiger partial charge on any atom is 0.159 e. The van der Waals surface area contributed by atoms with E-state index in [9.17, 15) is 4.79 Å². The Morgan fingerprint density at radius 1 is 1.29 bits per heavy atom. The molecule has 1 aliphatic rings. The zero-order valence-corrected chi connectivity index (χ0v) is 10.9. The first-order valence-corrected chi connectivity index (χ1v) is 6.59. The Labute approximate surface area is 108 Å². The first-order valence-electron chi connectivity index (χ1n) is 6.25. The number of ketones is 1. The van der Waals surface area contributed by atoms with E-state index in [0.29, 0.717) is 6.42 Å². The Morgan fingerprint density at radius 2 is 2.00 bits per heavy atom. The number of rotatable bonds is 3. The van der Waals surface area contributed by atoms with Gasteiger partial charge in [-0.2, -0.15) is 0 Å². The highest BCUT2D eigenvalue weighted by atomic mass is 35.5. The zero-order chi connectivity index (χ0) is 12.3. The Balaban J connectivity index is 2.31. The molecule has 1 aliphatic carbocycles. The van der Waals surface area contributed by atoms with Crippen molar-refractivity contribution in [1.82, 2.24) is 0 Å². The van der Waals surface area contributed by atoms with Gasteiger partial charge in [-0.1, -0.05) is 31.5 Å². The lowest BCUT2D eigenvalue weighted by molar-refractivity contribution is -0.125. The summed E-state index contributed by atoms with van der Waals surface area (Å²) in [5.41, 5.74) is 0.410. The highest BCUT2D eigenvalue weighted by Crippen LogP contribution is 2.38. The molecule has 1 unspecified atom stereocenters. The summed E-state index contributed by atoms with van der Waals surface area (Å²) >= 11 is 6.45. The van der Waals surface area contributed by atoms with Crippen LogP contribution in [0.1, 0.15) is 39.0 Å². The summed E-state index contributed by atoms with van der Waals surface area (Å²) in [6.45, 7) is 2.04. The maximum absolute atomic E-state index is 12.2. The monoisotopic (exact) mass is 251 g/mol. The summed E-state index contributed by atoms with van der Waals surface area (Å²) in [6, 6.07) is 9.75. The Kier molecular flexibility index (Phi) is 3.72. The zero-order valence-electron chi connectivity index (χ0n) is 10.2. The van der Waals surface area contributed by atoms with Gasteiger partial charge in [-0.15, -0.1) is 0 Å². The van der Waals surface area contributed by atoms with Crippen molar-refractivity contribution in [3.63, 3.8) is 0 Å². The minimum absolute atomic E-state index is 0.283. The number of carbonyl (C=O) groups excluding carboxylic acids is 1. The number of benzene rings is 1. The normalized spacial score (nSPS) is 24.7. The van der Waals surface area contributed by atoms with Gasteiger partial charge in [0.25, 0.3) is 0 Å². The van der Waals surface area contributed by atoms with Crippen LogP contribution in [0.3, 0.4) is 0 Å². The summed E-state index contributed by atoms with van der Waals surface area (Å²) in [6.07, 6.45) is 4.37. The fraction of sp³-hybridized carbons (Fsp3) is 0.500. The third-order valence-electron chi connectivity index (χ3n) is 3.71. The quantitative estimate of drug-likeness (QED) is 0.759. The van der Waals surface area contributed by atoms with E-state index >= 15 is 0 Å². The summed E-state index contributed by atoms with van der Waals surface area (Å²) in [4.78, 5) is 12.2. The fourth-order valence-corrected chi connectivity index (χ4v) is 3.01. The molecule has 2 rings (SSSR count). The van der Waals surface area contributed by atoms with Crippen LogP contribution >= 0.6 is 11.8 Å². The first-order chi connectivity index (χ1) is 8.20. The van der Waals surface area contributed by atoms with Crippen molar-refractivity contribution in [3.05, 3.63) is 30.3 Å². The molecule has 3 heteroatoms. The molecule has 0 bridgehead atoms. The number of para-hydroxylation sites is 1. The van der Waals surface area contributed by atoms with Gasteiger partial charge in [-0.05, 0) is 31.4 Å². The van der Waals surface area contributed by atoms with Crippen molar-refractivity contribution in [2.24, 2.45) is 0 Å². The van der Waals surface area contributed by atoms with Crippen LogP contribution in [-0.2, 0) is 4.79 Å². The van der Waals surface area contributed by atoms with E-state index in [1.165, 1.54) is 0 Å². The molecule has 0 aliphatic heterocycles. The van der Waals surface area contributed by atoms with Crippen molar-refractivity contribution in [1.29, 1.82) is 0 Å². The average Bonchev–Trinajstić information content (AvgIpc) is 2.40. The molecule has 1 aromatic rings. The van der Waals surface area contributed by atoms with Crippen LogP contribution in [0.4, 0.5) is 5.69 Å². The molecule has 0 amide bonds. The number of nitrogens with zero attached hydrogens (tertiary/aromatic N) is 1. The van der Waals surface area contributed by atoms with Gasteiger partial charge in [0, 0.05) is 18.2 Å². The van der Waals surface area contributed by atoms with E-state index in [1.54, 1.807) is 4.42 Å². The van der Waals surface area contributed by atoms with Crippen LogP contribution in [0.2, 0.25) is 0 Å². The molecule has 1 aromatic carbocycles. The molecule has 0 radical (unpaired) electrons. The highest BCUT2D eigenvalue weighted by molar-refractivity contribution is 6.28. The Hall–Kier alpha value is -1.02. The minimum atomic E-state index is -0.499. The van der Waals surface area contributed by atoms with Crippen molar-refractivity contribution in [2.75, 3.05) is 4.42 Å². The van der Waals surface area contributed by atoms with Gasteiger partial charge in [0.1, 0.15) is 5.54 Å². The molecule has 1 atom stereocenters. The predicted molar refractivity (Wildman–Crippen MR) is 71.3 cm³/mol. The molecule has 0 saturated heterocycles. The lowest BCUT2D eigenvalue weighted by Gasteiger charge is -2.41. The molecular formula is C14H18ClNO. The van der Waals surface area contributed by atoms with Crippen molar-refractivity contribution in [3.8, 4) is 0 Å². The van der Waals surface area contributed by atoms with Crippen molar-refractivity contribution < 1.29 is 4.79 Å². The second-order valence-corrected chi connectivity index (χ2v) is 4.97.